The molecule has 18 heavy (non-hydrogen) atoms. The van der Waals surface area contributed by atoms with Crippen LogP contribution in [-0.4, -0.2) is 0 Å². The summed E-state index contributed by atoms with van der Waals surface area (Å²) in [6.45, 7) is 0. The molecule has 4 aliphatic carbocycles. The van der Waals surface area contributed by atoms with Gasteiger partial charge in [-0.25, -0.2) is 0 Å². The highest BCUT2D eigenvalue weighted by molar-refractivity contribution is 5.45. The van der Waals surface area contributed by atoms with Crippen LogP contribution in [0.5, 0.6) is 0 Å². The van der Waals surface area contributed by atoms with Crippen LogP contribution in [0.3, 0.4) is 0 Å². The Morgan fingerprint density at radius 1 is 1.06 bits per heavy atom. The van der Waals surface area contributed by atoms with Crippen LogP contribution in [0, 0.1) is 23.1 Å². The van der Waals surface area contributed by atoms with Gasteiger partial charge in [0.1, 0.15) is 0 Å². The summed E-state index contributed by atoms with van der Waals surface area (Å²) in [5.74, 6) is -0.238. The van der Waals surface area contributed by atoms with Crippen LogP contribution in [-0.2, 0) is 5.41 Å². The first kappa shape index (κ1) is 8.40. The maximum Gasteiger partial charge on any atom is 0.0321 e. The zero-order valence-electron chi connectivity index (χ0n) is 12.9. The third-order valence-electron chi connectivity index (χ3n) is 6.26. The van der Waals surface area contributed by atoms with E-state index >= 15 is 0 Å². The fourth-order valence-corrected chi connectivity index (χ4v) is 5.53. The monoisotopic (exact) mass is 240 g/mol. The van der Waals surface area contributed by atoms with Gasteiger partial charge in [0.25, 0.3) is 0 Å². The second-order valence-corrected chi connectivity index (χ2v) is 6.94. The Morgan fingerprint density at radius 3 is 2.83 bits per heavy atom. The third kappa shape index (κ3) is 0.974. The fraction of sp³-hybridized carbons (Fsp3) is 0.667. The van der Waals surface area contributed by atoms with Gasteiger partial charge in [-0.15, -0.1) is 0 Å². The zero-order chi connectivity index (χ0) is 13.6. The van der Waals surface area contributed by atoms with E-state index in [4.69, 9.17) is 1.37 Å². The summed E-state index contributed by atoms with van der Waals surface area (Å²) in [4.78, 5) is 0. The van der Waals surface area contributed by atoms with Gasteiger partial charge in [-0.3, -0.25) is 0 Å². The summed E-state index contributed by atoms with van der Waals surface area (Å²) in [5.41, 5.74) is 1.43. The molecule has 4 aliphatic rings. The molecule has 0 aromatic heterocycles. The first-order valence-corrected chi connectivity index (χ1v) is 7.68. The molecule has 5 atom stereocenters. The highest BCUT2D eigenvalue weighted by Gasteiger charge is 2.83. The Kier molecular flexibility index (Phi) is 1.41. The highest BCUT2D eigenvalue weighted by Crippen LogP contribution is 2.88. The van der Waals surface area contributed by atoms with E-state index in [1.54, 1.807) is 0 Å². The quantitative estimate of drug-likeness (QED) is 0.676. The number of hydrogen-bond acceptors (Lipinski definition) is 0. The van der Waals surface area contributed by atoms with Gasteiger partial charge in [-0.1, -0.05) is 49.6 Å². The van der Waals surface area contributed by atoms with Crippen LogP contribution < -0.4 is 0 Å². The molecular weight excluding hydrogens is 216 g/mol. The van der Waals surface area contributed by atoms with Gasteiger partial charge in [-0.05, 0) is 54.4 Å². The molecule has 0 amide bonds. The lowest BCUT2D eigenvalue weighted by Crippen LogP contribution is -2.12. The lowest BCUT2D eigenvalue weighted by molar-refractivity contribution is 0.378. The second-order valence-electron chi connectivity index (χ2n) is 6.94. The first-order valence-electron chi connectivity index (χ1n) is 8.68. The van der Waals surface area contributed by atoms with Crippen LogP contribution in [0.25, 0.3) is 0 Å². The number of rotatable bonds is 1. The van der Waals surface area contributed by atoms with Gasteiger partial charge in [0.2, 0.25) is 0 Å². The predicted molar refractivity (Wildman–Crippen MR) is 73.3 cm³/mol. The van der Waals surface area contributed by atoms with E-state index in [0.29, 0.717) is 5.92 Å². The molecule has 0 radical (unpaired) electrons. The first-order chi connectivity index (χ1) is 9.62. The molecule has 0 nitrogen and oxygen atoms in total. The van der Waals surface area contributed by atoms with E-state index in [0.717, 1.165) is 19.3 Å². The molecule has 0 saturated heterocycles. The van der Waals surface area contributed by atoms with Crippen molar-refractivity contribution in [3.05, 3.63) is 35.9 Å². The maximum atomic E-state index is 9.35. The average molecular weight is 240 g/mol. The third-order valence-corrected chi connectivity index (χ3v) is 6.26. The number of benzene rings is 1. The van der Waals surface area contributed by atoms with Crippen molar-refractivity contribution in [3.63, 3.8) is 0 Å². The van der Waals surface area contributed by atoms with Crippen molar-refractivity contribution in [2.24, 2.45) is 23.1 Å². The minimum atomic E-state index is -0.487. The summed E-state index contributed by atoms with van der Waals surface area (Å²) in [7, 11) is 0. The average Bonchev–Trinajstić information content (AvgIpc) is 3.27. The van der Waals surface area contributed by atoms with Crippen LogP contribution in [0.1, 0.15) is 53.3 Å². The van der Waals surface area contributed by atoms with Gasteiger partial charge in [0, 0.05) is 8.16 Å². The molecule has 0 aliphatic heterocycles. The normalized spacial score (nSPS) is 61.7. The van der Waals surface area contributed by atoms with Gasteiger partial charge in [-0.2, -0.15) is 0 Å². The summed E-state index contributed by atoms with van der Waals surface area (Å²) in [6.07, 6.45) is 8.14. The van der Waals surface area contributed by atoms with E-state index in [1.807, 2.05) is 0 Å². The largest absolute Gasteiger partial charge is 0.0622 e. The Morgan fingerprint density at radius 2 is 1.94 bits per heavy atom. The molecule has 0 heteroatoms. The van der Waals surface area contributed by atoms with Crippen molar-refractivity contribution in [2.45, 2.75) is 50.4 Å². The van der Waals surface area contributed by atoms with Crippen LogP contribution >= 0.6 is 0 Å². The van der Waals surface area contributed by atoms with Crippen molar-refractivity contribution in [2.75, 3.05) is 0 Å². The topological polar surface area (TPSA) is 0 Å². The Balaban J connectivity index is 1.66. The summed E-state index contributed by atoms with van der Waals surface area (Å²) in [5, 5.41) is 0. The minimum Gasteiger partial charge on any atom is -0.0622 e. The molecule has 4 saturated carbocycles. The molecule has 1 aromatic rings. The minimum absolute atomic E-state index is 0.0351. The number of hydrogen-bond donors (Lipinski definition) is 0. The maximum absolute atomic E-state index is 9.35. The van der Waals surface area contributed by atoms with Gasteiger partial charge < -0.3 is 0 Å². The lowest BCUT2D eigenvalue weighted by atomic mass is 9.87. The second kappa shape index (κ2) is 3.03. The van der Waals surface area contributed by atoms with Gasteiger partial charge >= 0.3 is 0 Å². The molecular formula is C18H22. The molecule has 1 unspecified atom stereocenters. The summed E-state index contributed by atoms with van der Waals surface area (Å²) >= 11 is 0. The van der Waals surface area contributed by atoms with E-state index in [1.165, 1.54) is 31.2 Å². The van der Waals surface area contributed by atoms with Crippen molar-refractivity contribution >= 4 is 0 Å². The number of fused-ring (bicyclic) bond motifs is 3. The van der Waals surface area contributed by atoms with Gasteiger partial charge in [0.15, 0.2) is 0 Å². The molecule has 1 aromatic carbocycles. The molecule has 1 spiro atoms. The van der Waals surface area contributed by atoms with E-state index in [2.05, 4.69) is 30.3 Å². The fourth-order valence-electron chi connectivity index (χ4n) is 5.53. The lowest BCUT2D eigenvalue weighted by Gasteiger charge is -2.17. The highest BCUT2D eigenvalue weighted by atomic mass is 14.9. The Hall–Kier alpha value is -0.780. The zero-order valence-corrected chi connectivity index (χ0v) is 10.9. The smallest absolute Gasteiger partial charge is 0.0321 e. The predicted octanol–water partition coefficient (Wildman–Crippen LogP) is 4.54. The SMILES string of the molecule is [2H][C@@]12C3(CCCCC[C@@]31[2H])C[C@@H]1C[C@@]12c1ccccc1. The Labute approximate surface area is 113 Å². The molecule has 5 rings (SSSR count). The van der Waals surface area contributed by atoms with E-state index < -0.39 is 11.8 Å². The van der Waals surface area contributed by atoms with E-state index in [-0.39, 0.29) is 10.8 Å². The van der Waals surface area contributed by atoms with Crippen molar-refractivity contribution in [3.8, 4) is 0 Å². The van der Waals surface area contributed by atoms with Gasteiger partial charge in [0.05, 0.1) is 0 Å². The van der Waals surface area contributed by atoms with Crippen LogP contribution in [0.2, 0.25) is 0 Å². The van der Waals surface area contributed by atoms with Crippen LogP contribution in [0.15, 0.2) is 30.3 Å². The standard InChI is InChI=1S/C18H22/c1-3-7-13(8-4-1)18-12-14(18)11-17-10-6-2-5-9-15(17)16(17)18/h1,3-4,7-8,14-16H,2,5-6,9-12H2/t14-,15-,16+,17?,18-/m1/s1/i15D,16D. The summed E-state index contributed by atoms with van der Waals surface area (Å²) < 4.78 is 18.4. The van der Waals surface area contributed by atoms with Crippen molar-refractivity contribution in [1.29, 1.82) is 0 Å². The van der Waals surface area contributed by atoms with Crippen molar-refractivity contribution < 1.29 is 2.74 Å². The molecule has 94 valence electrons. The van der Waals surface area contributed by atoms with Crippen LogP contribution in [0.4, 0.5) is 0 Å². The molecule has 0 bridgehead atoms. The molecule has 0 heterocycles. The molecule has 0 N–H and O–H groups in total. The molecule has 4 fully saturated rings. The van der Waals surface area contributed by atoms with Crippen molar-refractivity contribution in [1.82, 2.24) is 0 Å². The van der Waals surface area contributed by atoms with E-state index in [9.17, 15) is 1.37 Å². The Bertz CT molecular complexity index is 584. The summed E-state index contributed by atoms with van der Waals surface area (Å²) in [6, 6.07) is 10.7.